The monoisotopic (exact) mass is 338 g/mol. The summed E-state index contributed by atoms with van der Waals surface area (Å²) in [5, 5.41) is 11.2. The van der Waals surface area contributed by atoms with Crippen LogP contribution in [0.4, 0.5) is 4.79 Å². The number of aliphatic carboxylic acids is 1. The second kappa shape index (κ2) is 8.30. The Labute approximate surface area is 139 Å². The first-order valence-corrected chi connectivity index (χ1v) is 7.28. The molecule has 132 valence electrons. The molecule has 0 aliphatic carbocycles. The molecule has 0 fully saturated rings. The summed E-state index contributed by atoms with van der Waals surface area (Å²) in [6.07, 6.45) is -0.985. The van der Waals surface area contributed by atoms with Crippen LogP contribution in [-0.4, -0.2) is 40.8 Å². The van der Waals surface area contributed by atoms with Crippen molar-refractivity contribution in [3.05, 3.63) is 35.9 Å². The summed E-state index contributed by atoms with van der Waals surface area (Å²) in [5.74, 6) is -2.41. The van der Waals surface area contributed by atoms with Gasteiger partial charge in [0.2, 0.25) is 0 Å². The molecular weight excluding hydrogens is 316 g/mol. The number of carboxylic acid groups (broad SMARTS) is 1. The molecule has 4 N–H and O–H groups in total. The molecule has 0 aromatic heterocycles. The zero-order chi connectivity index (χ0) is 18.3. The van der Waals surface area contributed by atoms with Crippen LogP contribution in [-0.2, 0) is 25.7 Å². The number of hydrogen-bond donors (Lipinski definition) is 3. The third kappa shape index (κ3) is 6.66. The van der Waals surface area contributed by atoms with Crippen LogP contribution in [0.15, 0.2) is 30.3 Å². The molecule has 0 saturated carbocycles. The fourth-order valence-electron chi connectivity index (χ4n) is 1.70. The molecule has 1 aromatic rings. The van der Waals surface area contributed by atoms with Crippen LogP contribution in [0.1, 0.15) is 26.3 Å². The van der Waals surface area contributed by atoms with Crippen molar-refractivity contribution in [3.63, 3.8) is 0 Å². The molecule has 0 aliphatic rings. The lowest BCUT2D eigenvalue weighted by Crippen LogP contribution is -2.57. The van der Waals surface area contributed by atoms with Gasteiger partial charge in [-0.1, -0.05) is 30.3 Å². The van der Waals surface area contributed by atoms with E-state index >= 15 is 0 Å². The molecule has 1 amide bonds. The number of carboxylic acids is 1. The lowest BCUT2D eigenvalue weighted by atomic mass is 10.1. The van der Waals surface area contributed by atoms with Gasteiger partial charge in [-0.3, -0.25) is 4.79 Å². The van der Waals surface area contributed by atoms with Gasteiger partial charge in [-0.2, -0.15) is 0 Å². The lowest BCUT2D eigenvalue weighted by molar-refractivity contribution is -0.152. The molecule has 1 rings (SSSR count). The van der Waals surface area contributed by atoms with Gasteiger partial charge in [0.25, 0.3) is 0 Å². The number of carbonyl (C=O) groups is 3. The van der Waals surface area contributed by atoms with E-state index in [1.54, 1.807) is 45.0 Å². The Morgan fingerprint density at radius 3 is 2.29 bits per heavy atom. The van der Waals surface area contributed by atoms with Crippen LogP contribution in [0, 0.1) is 0 Å². The van der Waals surface area contributed by atoms with Crippen LogP contribution in [0.25, 0.3) is 0 Å². The summed E-state index contributed by atoms with van der Waals surface area (Å²) in [4.78, 5) is 34.9. The van der Waals surface area contributed by atoms with Crippen LogP contribution in [0.3, 0.4) is 0 Å². The minimum atomic E-state index is -1.66. The molecule has 0 saturated heterocycles. The number of benzene rings is 1. The number of esters is 1. The quantitative estimate of drug-likeness (QED) is 0.661. The second-order valence-corrected chi connectivity index (χ2v) is 6.08. The van der Waals surface area contributed by atoms with Gasteiger partial charge in [0.1, 0.15) is 18.2 Å². The summed E-state index contributed by atoms with van der Waals surface area (Å²) in [7, 11) is 0. The fourth-order valence-corrected chi connectivity index (χ4v) is 1.70. The van der Waals surface area contributed by atoms with Crippen molar-refractivity contribution in [2.75, 3.05) is 0 Å². The zero-order valence-corrected chi connectivity index (χ0v) is 13.8. The van der Waals surface area contributed by atoms with E-state index in [1.807, 2.05) is 6.07 Å². The molecule has 1 aromatic carbocycles. The maximum absolute atomic E-state index is 11.9. The number of rotatable bonds is 6. The van der Waals surface area contributed by atoms with Gasteiger partial charge in [-0.05, 0) is 26.3 Å². The smallest absolute Gasteiger partial charge is 0.408 e. The zero-order valence-electron chi connectivity index (χ0n) is 13.8. The molecule has 0 radical (unpaired) electrons. The van der Waals surface area contributed by atoms with E-state index in [1.165, 1.54) is 0 Å². The number of nitrogens with two attached hydrogens (primary N) is 1. The maximum atomic E-state index is 11.9. The standard InChI is InChI=1S/C16H22N2O6/c1-16(2,3)24-15(22)18-12(13(19)20)11(17)14(21)23-9-10-7-5-4-6-8-10/h4-8,11-12H,9,17H2,1-3H3,(H,18,22)(H,19,20). The van der Waals surface area contributed by atoms with Crippen LogP contribution in [0.5, 0.6) is 0 Å². The predicted octanol–water partition coefficient (Wildman–Crippen LogP) is 1.04. The van der Waals surface area contributed by atoms with Crippen LogP contribution < -0.4 is 11.1 Å². The van der Waals surface area contributed by atoms with Crippen molar-refractivity contribution in [2.24, 2.45) is 5.73 Å². The first-order chi connectivity index (χ1) is 11.1. The van der Waals surface area contributed by atoms with Crippen molar-refractivity contribution >= 4 is 18.0 Å². The summed E-state index contributed by atoms with van der Waals surface area (Å²) in [6.45, 7) is 4.81. The van der Waals surface area contributed by atoms with E-state index in [0.717, 1.165) is 5.56 Å². The fraction of sp³-hybridized carbons (Fsp3) is 0.438. The SMILES string of the molecule is CC(C)(C)OC(=O)NC(C(=O)O)C(N)C(=O)OCc1ccccc1. The lowest BCUT2D eigenvalue weighted by Gasteiger charge is -2.24. The third-order valence-electron chi connectivity index (χ3n) is 2.79. The number of carbonyl (C=O) groups excluding carboxylic acids is 2. The molecule has 0 spiro atoms. The second-order valence-electron chi connectivity index (χ2n) is 6.08. The molecule has 0 aliphatic heterocycles. The van der Waals surface area contributed by atoms with Crippen LogP contribution in [0.2, 0.25) is 0 Å². The molecule has 8 heteroatoms. The van der Waals surface area contributed by atoms with Crippen molar-refractivity contribution in [1.29, 1.82) is 0 Å². The first kappa shape index (κ1) is 19.4. The van der Waals surface area contributed by atoms with Gasteiger partial charge < -0.3 is 25.6 Å². The topological polar surface area (TPSA) is 128 Å². The minimum absolute atomic E-state index is 0.0495. The molecule has 0 heterocycles. The van der Waals surface area contributed by atoms with Gasteiger partial charge in [0.05, 0.1) is 0 Å². The van der Waals surface area contributed by atoms with E-state index in [4.69, 9.17) is 20.3 Å². The minimum Gasteiger partial charge on any atom is -0.480 e. The van der Waals surface area contributed by atoms with Gasteiger partial charge in [0.15, 0.2) is 6.04 Å². The van der Waals surface area contributed by atoms with Gasteiger partial charge in [0, 0.05) is 0 Å². The highest BCUT2D eigenvalue weighted by molar-refractivity contribution is 5.88. The summed E-state index contributed by atoms with van der Waals surface area (Å²) in [5.41, 5.74) is 5.53. The Morgan fingerprint density at radius 2 is 1.79 bits per heavy atom. The maximum Gasteiger partial charge on any atom is 0.408 e. The Balaban J connectivity index is 2.64. The third-order valence-corrected chi connectivity index (χ3v) is 2.79. The Kier molecular flexibility index (Phi) is 6.72. The Hall–Kier alpha value is -2.61. The normalized spacial score (nSPS) is 13.5. The highest BCUT2D eigenvalue weighted by Gasteiger charge is 2.34. The van der Waals surface area contributed by atoms with Gasteiger partial charge in [-0.25, -0.2) is 9.59 Å². The highest BCUT2D eigenvalue weighted by atomic mass is 16.6. The molecule has 8 nitrogen and oxygen atoms in total. The van der Waals surface area contributed by atoms with E-state index in [0.29, 0.717) is 0 Å². The Bertz CT molecular complexity index is 582. The Morgan fingerprint density at radius 1 is 1.21 bits per heavy atom. The summed E-state index contributed by atoms with van der Waals surface area (Å²) < 4.78 is 9.94. The van der Waals surface area contributed by atoms with Crippen molar-refractivity contribution < 1.29 is 29.0 Å². The number of nitrogens with one attached hydrogen (secondary N) is 1. The van der Waals surface area contributed by atoms with E-state index in [2.05, 4.69) is 5.32 Å². The van der Waals surface area contributed by atoms with Crippen molar-refractivity contribution in [1.82, 2.24) is 5.32 Å². The van der Waals surface area contributed by atoms with E-state index in [9.17, 15) is 14.4 Å². The summed E-state index contributed by atoms with van der Waals surface area (Å²) in [6, 6.07) is 5.60. The van der Waals surface area contributed by atoms with E-state index in [-0.39, 0.29) is 6.61 Å². The number of alkyl carbamates (subject to hydrolysis) is 1. The number of ether oxygens (including phenoxy) is 2. The van der Waals surface area contributed by atoms with Crippen LogP contribution >= 0.6 is 0 Å². The highest BCUT2D eigenvalue weighted by Crippen LogP contribution is 2.08. The average molecular weight is 338 g/mol. The molecule has 24 heavy (non-hydrogen) atoms. The largest absolute Gasteiger partial charge is 0.480 e. The first-order valence-electron chi connectivity index (χ1n) is 7.28. The van der Waals surface area contributed by atoms with Gasteiger partial charge >= 0.3 is 18.0 Å². The van der Waals surface area contributed by atoms with Crippen molar-refractivity contribution in [2.45, 2.75) is 45.1 Å². The summed E-state index contributed by atoms with van der Waals surface area (Å²) >= 11 is 0. The molecule has 0 bridgehead atoms. The molecule has 2 unspecified atom stereocenters. The van der Waals surface area contributed by atoms with E-state index < -0.39 is 35.7 Å². The average Bonchev–Trinajstić information content (AvgIpc) is 2.48. The van der Waals surface area contributed by atoms with Crippen molar-refractivity contribution in [3.8, 4) is 0 Å². The molecular formula is C16H22N2O6. The van der Waals surface area contributed by atoms with Gasteiger partial charge in [-0.15, -0.1) is 0 Å². The number of hydrogen-bond acceptors (Lipinski definition) is 6. The predicted molar refractivity (Wildman–Crippen MR) is 85.0 cm³/mol. The number of amides is 1. The molecule has 2 atom stereocenters.